The van der Waals surface area contributed by atoms with Crippen molar-refractivity contribution in [2.24, 2.45) is 5.92 Å². The topological polar surface area (TPSA) is 0 Å². The summed E-state index contributed by atoms with van der Waals surface area (Å²) in [6, 6.07) is 0. The van der Waals surface area contributed by atoms with E-state index < -0.39 is 0 Å². The minimum Gasteiger partial charge on any atom is -0.0654 e. The number of hydrogen-bond acceptors (Lipinski definition) is 0. The van der Waals surface area contributed by atoms with Crippen LogP contribution in [0.3, 0.4) is 0 Å². The zero-order valence-corrected chi connectivity index (χ0v) is 22.0. The molecule has 0 unspecified atom stereocenters. The molecular formula is C30H62. The molecule has 0 aliphatic carbocycles. The predicted octanol–water partition coefficient (Wildman–Crippen LogP) is 11.8. The van der Waals surface area contributed by atoms with E-state index in [1.54, 1.807) is 0 Å². The lowest BCUT2D eigenvalue weighted by molar-refractivity contribution is 0.430. The summed E-state index contributed by atoms with van der Waals surface area (Å²) in [7, 11) is 0. The van der Waals surface area contributed by atoms with Crippen molar-refractivity contribution < 1.29 is 0 Å². The Labute approximate surface area is 193 Å². The minimum atomic E-state index is 0.969. The van der Waals surface area contributed by atoms with Crippen molar-refractivity contribution in [3.05, 3.63) is 0 Å². The molecule has 0 fully saturated rings. The molecule has 0 aliphatic rings. The summed E-state index contributed by atoms with van der Waals surface area (Å²) in [5, 5.41) is 0. The summed E-state index contributed by atoms with van der Waals surface area (Å²) < 4.78 is 0. The fourth-order valence-corrected chi connectivity index (χ4v) is 4.81. The molecule has 0 saturated heterocycles. The summed E-state index contributed by atoms with van der Waals surface area (Å²) in [4.78, 5) is 0. The van der Waals surface area contributed by atoms with E-state index in [4.69, 9.17) is 0 Å². The highest BCUT2D eigenvalue weighted by Crippen LogP contribution is 2.19. The van der Waals surface area contributed by atoms with Crippen LogP contribution >= 0.6 is 0 Å². The number of hydrogen-bond donors (Lipinski definition) is 0. The Morgan fingerprint density at radius 3 is 0.733 bits per heavy atom. The van der Waals surface area contributed by atoms with Gasteiger partial charge in [-0.1, -0.05) is 188 Å². The zero-order valence-electron chi connectivity index (χ0n) is 22.0. The van der Waals surface area contributed by atoms with Gasteiger partial charge in [0, 0.05) is 0 Å². The van der Waals surface area contributed by atoms with Crippen LogP contribution in [-0.2, 0) is 0 Å². The van der Waals surface area contributed by atoms with Gasteiger partial charge in [-0.3, -0.25) is 0 Å². The highest BCUT2D eigenvalue weighted by atomic mass is 14.1. The van der Waals surface area contributed by atoms with E-state index in [9.17, 15) is 0 Å². The second-order valence-electron chi connectivity index (χ2n) is 10.5. The molecule has 0 heteroatoms. The van der Waals surface area contributed by atoms with Gasteiger partial charge in [0.15, 0.2) is 0 Å². The maximum Gasteiger partial charge on any atom is -0.0443 e. The first-order chi connectivity index (χ1) is 14.8. The largest absolute Gasteiger partial charge is 0.0654 e. The monoisotopic (exact) mass is 422 g/mol. The van der Waals surface area contributed by atoms with Gasteiger partial charge in [0.05, 0.1) is 0 Å². The number of unbranched alkanes of at least 4 members (excludes halogenated alkanes) is 22. The first-order valence-corrected chi connectivity index (χ1v) is 14.8. The third-order valence-electron chi connectivity index (χ3n) is 7.10. The first kappa shape index (κ1) is 30.0. The van der Waals surface area contributed by atoms with Crippen molar-refractivity contribution in [1.29, 1.82) is 0 Å². The molecule has 0 aromatic rings. The van der Waals surface area contributed by atoms with Gasteiger partial charge < -0.3 is 0 Å². The third kappa shape index (κ3) is 26.0. The Kier molecular flexibility index (Phi) is 27.0. The maximum atomic E-state index is 2.49. The molecule has 0 bridgehead atoms. The smallest absolute Gasteiger partial charge is 0.0443 e. The van der Waals surface area contributed by atoms with E-state index in [0.29, 0.717) is 0 Å². The normalized spacial score (nSPS) is 12.5. The Morgan fingerprint density at radius 2 is 0.500 bits per heavy atom. The SMILES string of the molecule is CCCCCCCCCCCCCCCCCC[C@@H](C)CCCCCCCCCC. The van der Waals surface area contributed by atoms with Gasteiger partial charge in [-0.15, -0.1) is 0 Å². The molecule has 0 rings (SSSR count). The molecule has 30 heavy (non-hydrogen) atoms. The highest BCUT2D eigenvalue weighted by Gasteiger charge is 2.02. The molecule has 0 aliphatic heterocycles. The second-order valence-corrected chi connectivity index (χ2v) is 10.5. The van der Waals surface area contributed by atoms with Gasteiger partial charge >= 0.3 is 0 Å². The van der Waals surface area contributed by atoms with Gasteiger partial charge in [-0.05, 0) is 5.92 Å². The van der Waals surface area contributed by atoms with E-state index >= 15 is 0 Å². The van der Waals surface area contributed by atoms with Crippen LogP contribution in [0.5, 0.6) is 0 Å². The fraction of sp³-hybridized carbons (Fsp3) is 1.00. The minimum absolute atomic E-state index is 0.969. The maximum absolute atomic E-state index is 2.49. The van der Waals surface area contributed by atoms with Crippen LogP contribution in [0.4, 0.5) is 0 Å². The predicted molar refractivity (Wildman–Crippen MR) is 141 cm³/mol. The molecule has 0 spiro atoms. The quantitative estimate of drug-likeness (QED) is 0.122. The Bertz CT molecular complexity index is 282. The molecule has 0 amide bonds. The molecule has 0 radical (unpaired) electrons. The lowest BCUT2D eigenvalue weighted by Crippen LogP contribution is -1.95. The molecule has 182 valence electrons. The van der Waals surface area contributed by atoms with E-state index in [1.165, 1.54) is 167 Å². The van der Waals surface area contributed by atoms with Crippen molar-refractivity contribution in [3.8, 4) is 0 Å². The zero-order chi connectivity index (χ0) is 22.0. The summed E-state index contributed by atoms with van der Waals surface area (Å²) in [6.07, 6.45) is 38.3. The van der Waals surface area contributed by atoms with E-state index in [2.05, 4.69) is 20.8 Å². The van der Waals surface area contributed by atoms with Crippen LogP contribution in [0.15, 0.2) is 0 Å². The van der Waals surface area contributed by atoms with E-state index in [1.807, 2.05) is 0 Å². The van der Waals surface area contributed by atoms with Crippen LogP contribution in [0.2, 0.25) is 0 Å². The second kappa shape index (κ2) is 27.0. The third-order valence-corrected chi connectivity index (χ3v) is 7.10. The molecule has 0 nitrogen and oxygen atoms in total. The fourth-order valence-electron chi connectivity index (χ4n) is 4.81. The molecule has 0 saturated carbocycles. The Morgan fingerprint density at radius 1 is 0.300 bits per heavy atom. The average molecular weight is 423 g/mol. The van der Waals surface area contributed by atoms with Crippen LogP contribution in [0.1, 0.15) is 188 Å². The molecule has 0 aromatic heterocycles. The standard InChI is InChI=1S/C30H62/c1-4-6-8-10-12-14-15-16-17-18-19-20-21-23-25-27-29-30(3)28-26-24-22-13-11-9-7-5-2/h30H,4-29H2,1-3H3/t30-/m0/s1. The van der Waals surface area contributed by atoms with Gasteiger partial charge in [0.25, 0.3) is 0 Å². The summed E-state index contributed by atoms with van der Waals surface area (Å²) in [5.74, 6) is 0.969. The highest BCUT2D eigenvalue weighted by molar-refractivity contribution is 4.56. The van der Waals surface area contributed by atoms with Gasteiger partial charge in [0.2, 0.25) is 0 Å². The molecule has 0 N–H and O–H groups in total. The van der Waals surface area contributed by atoms with Crippen molar-refractivity contribution >= 4 is 0 Å². The Hall–Kier alpha value is 0. The molecule has 0 heterocycles. The summed E-state index contributed by atoms with van der Waals surface area (Å²) >= 11 is 0. The lowest BCUT2D eigenvalue weighted by Gasteiger charge is -2.11. The van der Waals surface area contributed by atoms with Gasteiger partial charge in [0.1, 0.15) is 0 Å². The van der Waals surface area contributed by atoms with Crippen molar-refractivity contribution in [1.82, 2.24) is 0 Å². The van der Waals surface area contributed by atoms with Crippen molar-refractivity contribution in [2.45, 2.75) is 188 Å². The molecular weight excluding hydrogens is 360 g/mol. The molecule has 1 atom stereocenters. The summed E-state index contributed by atoms with van der Waals surface area (Å²) in [5.41, 5.74) is 0. The van der Waals surface area contributed by atoms with E-state index in [-0.39, 0.29) is 0 Å². The van der Waals surface area contributed by atoms with Gasteiger partial charge in [-0.2, -0.15) is 0 Å². The van der Waals surface area contributed by atoms with E-state index in [0.717, 1.165) is 5.92 Å². The molecule has 0 aromatic carbocycles. The van der Waals surface area contributed by atoms with Gasteiger partial charge in [-0.25, -0.2) is 0 Å². The first-order valence-electron chi connectivity index (χ1n) is 14.8. The van der Waals surface area contributed by atoms with Crippen LogP contribution in [0.25, 0.3) is 0 Å². The lowest BCUT2D eigenvalue weighted by atomic mass is 9.95. The van der Waals surface area contributed by atoms with Crippen LogP contribution in [-0.4, -0.2) is 0 Å². The van der Waals surface area contributed by atoms with Crippen LogP contribution in [0, 0.1) is 5.92 Å². The van der Waals surface area contributed by atoms with Crippen molar-refractivity contribution in [2.75, 3.05) is 0 Å². The Balaban J connectivity index is 3.11. The summed E-state index contributed by atoms with van der Waals surface area (Å²) in [6.45, 7) is 7.10. The average Bonchev–Trinajstić information content (AvgIpc) is 2.75. The van der Waals surface area contributed by atoms with Crippen LogP contribution < -0.4 is 0 Å². The number of rotatable bonds is 26. The van der Waals surface area contributed by atoms with Crippen molar-refractivity contribution in [3.63, 3.8) is 0 Å².